The Morgan fingerprint density at radius 2 is 1.89 bits per heavy atom. The maximum Gasteiger partial charge on any atom is 0.482 e. The molecule has 0 radical (unpaired) electrons. The quantitative estimate of drug-likeness (QED) is 0.530. The summed E-state index contributed by atoms with van der Waals surface area (Å²) in [7, 11) is 1.69. The Morgan fingerprint density at radius 3 is 2.50 bits per heavy atom. The van der Waals surface area contributed by atoms with Crippen molar-refractivity contribution < 1.29 is 27.9 Å². The van der Waals surface area contributed by atoms with Crippen molar-refractivity contribution in [1.82, 2.24) is 15.1 Å². The lowest BCUT2D eigenvalue weighted by Gasteiger charge is -2.13. The van der Waals surface area contributed by atoms with E-state index in [0.29, 0.717) is 16.8 Å². The lowest BCUT2D eigenvalue weighted by atomic mass is 10.1. The first-order valence-corrected chi connectivity index (χ1v) is 8.39. The predicted molar refractivity (Wildman–Crippen MR) is 93.3 cm³/mol. The van der Waals surface area contributed by atoms with Gasteiger partial charge in [0.05, 0.1) is 11.6 Å². The van der Waals surface area contributed by atoms with E-state index < -0.39 is 23.8 Å². The van der Waals surface area contributed by atoms with Crippen LogP contribution in [0.15, 0.2) is 54.9 Å². The molecule has 0 bridgehead atoms. The van der Waals surface area contributed by atoms with Crippen LogP contribution in [0.1, 0.15) is 34.6 Å². The highest BCUT2D eigenvalue weighted by atomic mass is 19.4. The van der Waals surface area contributed by atoms with Crippen molar-refractivity contribution in [1.29, 1.82) is 0 Å². The van der Waals surface area contributed by atoms with E-state index in [9.17, 15) is 23.2 Å². The van der Waals surface area contributed by atoms with Gasteiger partial charge in [0.15, 0.2) is 0 Å². The third kappa shape index (κ3) is 3.98. The monoisotopic (exact) mass is 391 g/mol. The van der Waals surface area contributed by atoms with Crippen LogP contribution in [-0.2, 0) is 13.2 Å². The molecule has 0 aliphatic rings. The summed E-state index contributed by atoms with van der Waals surface area (Å²) >= 11 is 0. The van der Waals surface area contributed by atoms with Gasteiger partial charge in [0.2, 0.25) is 6.20 Å². The number of nitrogens with one attached hydrogen (secondary N) is 1. The molecule has 0 saturated heterocycles. The van der Waals surface area contributed by atoms with Gasteiger partial charge < -0.3 is 5.32 Å². The van der Waals surface area contributed by atoms with Crippen LogP contribution < -0.4 is 10.0 Å². The molecule has 3 aromatic rings. The molecule has 1 atom stereocenters. The molecule has 0 unspecified atom stereocenters. The van der Waals surface area contributed by atoms with Gasteiger partial charge in [-0.1, -0.05) is 30.3 Å². The van der Waals surface area contributed by atoms with Crippen molar-refractivity contribution in [2.24, 2.45) is 7.05 Å². The summed E-state index contributed by atoms with van der Waals surface area (Å²) in [6.45, 7) is 1.61. The van der Waals surface area contributed by atoms with E-state index >= 15 is 0 Å². The minimum atomic E-state index is -4.68. The maximum atomic E-state index is 12.8. The lowest BCUT2D eigenvalue weighted by Crippen LogP contribution is -2.40. The molecule has 9 heteroatoms. The lowest BCUT2D eigenvalue weighted by molar-refractivity contribution is -0.915. The Hall–Kier alpha value is -3.36. The van der Waals surface area contributed by atoms with E-state index in [-0.39, 0.29) is 4.73 Å². The summed E-state index contributed by atoms with van der Waals surface area (Å²) in [5.41, 5.74) is 0.716. The number of hydrogen-bond donors (Lipinski definition) is 2. The number of rotatable bonds is 4. The van der Waals surface area contributed by atoms with Crippen LogP contribution in [0, 0.1) is 0 Å². The number of aryl methyl sites for hydroxylation is 1. The fraction of sp³-hybridized carbons (Fsp3) is 0.211. The molecule has 0 saturated carbocycles. The molecule has 2 N–H and O–H groups in total. The van der Waals surface area contributed by atoms with Crippen LogP contribution >= 0.6 is 0 Å². The van der Waals surface area contributed by atoms with Crippen molar-refractivity contribution in [3.8, 4) is 11.3 Å². The Kier molecular flexibility index (Phi) is 5.08. The summed E-state index contributed by atoms with van der Waals surface area (Å²) in [5.74, 6) is -0.427. The van der Waals surface area contributed by atoms with Crippen LogP contribution in [0.25, 0.3) is 11.3 Å². The average molecular weight is 391 g/mol. The first-order valence-electron chi connectivity index (χ1n) is 8.39. The summed E-state index contributed by atoms with van der Waals surface area (Å²) in [6.07, 6.45) is -2.18. The zero-order chi connectivity index (χ0) is 20.5. The second-order valence-corrected chi connectivity index (χ2v) is 6.32. The minimum absolute atomic E-state index is 0.0114. The second kappa shape index (κ2) is 7.34. The first-order chi connectivity index (χ1) is 13.2. The number of carbonyl (C=O) groups is 1. The maximum absolute atomic E-state index is 12.8. The largest absolute Gasteiger partial charge is 0.482 e. The highest BCUT2D eigenvalue weighted by Gasteiger charge is 2.42. The molecular formula is C19H18F3N4O2+. The van der Waals surface area contributed by atoms with E-state index in [0.717, 1.165) is 17.8 Å². The van der Waals surface area contributed by atoms with Crippen LogP contribution in [0.4, 0.5) is 13.2 Å². The van der Waals surface area contributed by atoms with Crippen molar-refractivity contribution in [3.05, 3.63) is 71.7 Å². The number of pyridine rings is 1. The fourth-order valence-corrected chi connectivity index (χ4v) is 2.81. The third-order valence-electron chi connectivity index (χ3n) is 4.21. The van der Waals surface area contributed by atoms with Crippen LogP contribution in [0.5, 0.6) is 0 Å². The first kappa shape index (κ1) is 19.4. The topological polar surface area (TPSA) is 71.0 Å². The third-order valence-corrected chi connectivity index (χ3v) is 4.21. The van der Waals surface area contributed by atoms with Gasteiger partial charge in [-0.2, -0.15) is 18.3 Å². The van der Waals surface area contributed by atoms with E-state index in [1.54, 1.807) is 20.2 Å². The molecule has 1 aromatic carbocycles. The van der Waals surface area contributed by atoms with Gasteiger partial charge in [-0.05, 0) is 13.0 Å². The summed E-state index contributed by atoms with van der Waals surface area (Å²) in [5, 5.41) is 16.6. The normalized spacial score (nSPS) is 12.6. The zero-order valence-corrected chi connectivity index (χ0v) is 15.1. The number of carbonyl (C=O) groups excluding carboxylic acids is 1. The van der Waals surface area contributed by atoms with Crippen molar-refractivity contribution in [2.45, 2.75) is 19.1 Å². The molecule has 2 heterocycles. The van der Waals surface area contributed by atoms with E-state index in [1.165, 1.54) is 10.7 Å². The van der Waals surface area contributed by atoms with Crippen molar-refractivity contribution >= 4 is 5.91 Å². The Balaban J connectivity index is 1.83. The van der Waals surface area contributed by atoms with Gasteiger partial charge >= 0.3 is 11.9 Å². The number of benzene rings is 1. The van der Waals surface area contributed by atoms with Gasteiger partial charge in [0.1, 0.15) is 5.69 Å². The molecule has 6 nitrogen and oxygen atoms in total. The molecule has 0 aliphatic heterocycles. The molecule has 146 valence electrons. The Bertz CT molecular complexity index is 1000. The predicted octanol–water partition coefficient (Wildman–Crippen LogP) is 3.12. The molecule has 2 aromatic heterocycles. The molecule has 0 aliphatic carbocycles. The van der Waals surface area contributed by atoms with E-state index in [1.807, 2.05) is 30.3 Å². The average Bonchev–Trinajstić information content (AvgIpc) is 3.03. The number of alkyl halides is 3. The number of amides is 1. The molecule has 0 spiro atoms. The summed E-state index contributed by atoms with van der Waals surface area (Å²) in [6, 6.07) is 10.5. The van der Waals surface area contributed by atoms with Gasteiger partial charge in [-0.25, -0.2) is 0 Å². The number of hydrogen-bond acceptors (Lipinski definition) is 3. The summed E-state index contributed by atoms with van der Waals surface area (Å²) in [4.78, 5) is 12.7. The zero-order valence-electron chi connectivity index (χ0n) is 15.1. The van der Waals surface area contributed by atoms with Gasteiger partial charge in [-0.3, -0.25) is 14.7 Å². The van der Waals surface area contributed by atoms with Gasteiger partial charge in [0.25, 0.3) is 5.91 Å². The molecule has 28 heavy (non-hydrogen) atoms. The molecule has 3 rings (SSSR count). The Labute approximate surface area is 158 Å². The van der Waals surface area contributed by atoms with Gasteiger partial charge in [-0.15, -0.1) is 0 Å². The second-order valence-electron chi connectivity index (χ2n) is 6.32. The van der Waals surface area contributed by atoms with E-state index in [4.69, 9.17) is 0 Å². The van der Waals surface area contributed by atoms with Crippen LogP contribution in [-0.4, -0.2) is 20.9 Å². The van der Waals surface area contributed by atoms with E-state index in [2.05, 4.69) is 10.4 Å². The smallest absolute Gasteiger partial charge is 0.345 e. The highest BCUT2D eigenvalue weighted by Crippen LogP contribution is 2.27. The fourth-order valence-electron chi connectivity index (χ4n) is 2.81. The molecule has 0 fully saturated rings. The number of nitrogens with zero attached hydrogens (tertiary/aromatic N) is 3. The Morgan fingerprint density at radius 1 is 1.21 bits per heavy atom. The highest BCUT2D eigenvalue weighted by molar-refractivity contribution is 6.00. The van der Waals surface area contributed by atoms with Gasteiger partial charge in [0, 0.05) is 35.2 Å². The number of aromatic nitrogens is 3. The SMILES string of the molecule is C[C@@H](NC(=O)c1cn(C)nc1-c1ccccc1)c1ccc(C(F)(F)F)[n+](O)c1. The number of halogens is 3. The summed E-state index contributed by atoms with van der Waals surface area (Å²) < 4.78 is 39.8. The molecule has 1 amide bonds. The van der Waals surface area contributed by atoms with Crippen molar-refractivity contribution in [2.75, 3.05) is 0 Å². The van der Waals surface area contributed by atoms with Crippen LogP contribution in [0.3, 0.4) is 0 Å². The molecular weight excluding hydrogens is 373 g/mol. The van der Waals surface area contributed by atoms with Crippen LogP contribution in [0.2, 0.25) is 0 Å². The van der Waals surface area contributed by atoms with Crippen molar-refractivity contribution in [3.63, 3.8) is 0 Å². The minimum Gasteiger partial charge on any atom is -0.345 e. The standard InChI is InChI=1S/C19H17F3N4O2/c1-12(14-8-9-16(19(20,21)22)26(28)10-14)23-18(27)15-11-25(2)24-17(15)13-6-4-3-5-7-13/h3-12H,1-2H3,(H-,23,27,28)/p+1/t12-/m1/s1.